The van der Waals surface area contributed by atoms with Crippen molar-refractivity contribution in [3.63, 3.8) is 0 Å². The standard InChI is InChI=1S/C14H25N3O/c1-6-16-7-12(8-16)18-14-13(10(2)3)9-17(15-14)11(4)5/h9-12H,6-8H2,1-5H3. The first kappa shape index (κ1) is 13.4. The Morgan fingerprint density at radius 2 is 2.00 bits per heavy atom. The van der Waals surface area contributed by atoms with Gasteiger partial charge in [-0.3, -0.25) is 9.58 Å². The van der Waals surface area contributed by atoms with Gasteiger partial charge >= 0.3 is 0 Å². The number of nitrogens with zero attached hydrogens (tertiary/aromatic N) is 3. The Bertz CT molecular complexity index is 392. The van der Waals surface area contributed by atoms with Crippen LogP contribution in [0.15, 0.2) is 6.20 Å². The van der Waals surface area contributed by atoms with Gasteiger partial charge in [0.25, 0.3) is 0 Å². The molecule has 1 aliphatic rings. The van der Waals surface area contributed by atoms with Gasteiger partial charge in [-0.25, -0.2) is 0 Å². The molecule has 0 bridgehead atoms. The molecular weight excluding hydrogens is 226 g/mol. The molecule has 1 aromatic rings. The van der Waals surface area contributed by atoms with Gasteiger partial charge in [0.2, 0.25) is 5.88 Å². The highest BCUT2D eigenvalue weighted by atomic mass is 16.5. The van der Waals surface area contributed by atoms with Crippen LogP contribution in [0.5, 0.6) is 5.88 Å². The van der Waals surface area contributed by atoms with Gasteiger partial charge in [0, 0.05) is 30.9 Å². The zero-order valence-electron chi connectivity index (χ0n) is 12.2. The average Bonchev–Trinajstić information content (AvgIpc) is 2.66. The van der Waals surface area contributed by atoms with Crippen molar-refractivity contribution in [1.82, 2.24) is 14.7 Å². The van der Waals surface area contributed by atoms with E-state index in [4.69, 9.17) is 4.74 Å². The van der Waals surface area contributed by atoms with E-state index >= 15 is 0 Å². The highest BCUT2D eigenvalue weighted by Gasteiger charge is 2.29. The van der Waals surface area contributed by atoms with Crippen LogP contribution in [0.2, 0.25) is 0 Å². The second-order valence-corrected chi connectivity index (χ2v) is 5.71. The normalized spacial score (nSPS) is 17.5. The van der Waals surface area contributed by atoms with E-state index in [1.54, 1.807) is 0 Å². The molecule has 0 amide bonds. The second kappa shape index (κ2) is 5.31. The lowest BCUT2D eigenvalue weighted by atomic mass is 10.1. The van der Waals surface area contributed by atoms with Crippen LogP contribution in [-0.2, 0) is 0 Å². The number of aromatic nitrogens is 2. The molecule has 18 heavy (non-hydrogen) atoms. The summed E-state index contributed by atoms with van der Waals surface area (Å²) in [5.74, 6) is 1.29. The molecule has 2 heterocycles. The summed E-state index contributed by atoms with van der Waals surface area (Å²) < 4.78 is 8.03. The summed E-state index contributed by atoms with van der Waals surface area (Å²) in [4.78, 5) is 2.37. The first-order valence-corrected chi connectivity index (χ1v) is 6.99. The molecule has 0 radical (unpaired) electrons. The lowest BCUT2D eigenvalue weighted by molar-refractivity contribution is 0.0197. The molecule has 1 fully saturated rings. The zero-order valence-corrected chi connectivity index (χ0v) is 12.2. The largest absolute Gasteiger partial charge is 0.470 e. The third kappa shape index (κ3) is 2.69. The van der Waals surface area contributed by atoms with E-state index in [0.29, 0.717) is 18.1 Å². The topological polar surface area (TPSA) is 30.3 Å². The van der Waals surface area contributed by atoms with Gasteiger partial charge in [0.05, 0.1) is 0 Å². The SMILES string of the molecule is CCN1CC(Oc2nn(C(C)C)cc2C(C)C)C1. The summed E-state index contributed by atoms with van der Waals surface area (Å²) in [5.41, 5.74) is 1.22. The van der Waals surface area contributed by atoms with Gasteiger partial charge in [-0.05, 0) is 26.3 Å². The van der Waals surface area contributed by atoms with Crippen LogP contribution in [0.3, 0.4) is 0 Å². The van der Waals surface area contributed by atoms with E-state index < -0.39 is 0 Å². The molecule has 0 spiro atoms. The molecule has 0 unspecified atom stereocenters. The van der Waals surface area contributed by atoms with Gasteiger partial charge in [0.15, 0.2) is 0 Å². The molecule has 4 heteroatoms. The van der Waals surface area contributed by atoms with Crippen molar-refractivity contribution >= 4 is 0 Å². The van der Waals surface area contributed by atoms with E-state index in [1.807, 2.05) is 4.68 Å². The molecule has 1 aliphatic heterocycles. The Morgan fingerprint density at radius 3 is 2.50 bits per heavy atom. The number of rotatable bonds is 5. The fraction of sp³-hybridized carbons (Fsp3) is 0.786. The summed E-state index contributed by atoms with van der Waals surface area (Å²) in [5, 5.41) is 4.58. The highest BCUT2D eigenvalue weighted by Crippen LogP contribution is 2.28. The van der Waals surface area contributed by atoms with E-state index in [9.17, 15) is 0 Å². The van der Waals surface area contributed by atoms with Gasteiger partial charge in [-0.1, -0.05) is 20.8 Å². The quantitative estimate of drug-likeness (QED) is 0.806. The van der Waals surface area contributed by atoms with Crippen molar-refractivity contribution in [2.75, 3.05) is 19.6 Å². The van der Waals surface area contributed by atoms with Gasteiger partial charge < -0.3 is 4.74 Å². The summed E-state index contributed by atoms with van der Waals surface area (Å²) >= 11 is 0. The molecule has 102 valence electrons. The van der Waals surface area contributed by atoms with Gasteiger partial charge in [-0.2, -0.15) is 0 Å². The maximum atomic E-state index is 6.03. The van der Waals surface area contributed by atoms with Crippen LogP contribution in [0.25, 0.3) is 0 Å². The molecule has 0 atom stereocenters. The van der Waals surface area contributed by atoms with Crippen molar-refractivity contribution in [1.29, 1.82) is 0 Å². The fourth-order valence-corrected chi connectivity index (χ4v) is 2.15. The van der Waals surface area contributed by atoms with Gasteiger partial charge in [0.1, 0.15) is 6.10 Å². The monoisotopic (exact) mass is 251 g/mol. The molecule has 0 aromatic carbocycles. The zero-order chi connectivity index (χ0) is 13.3. The first-order valence-electron chi connectivity index (χ1n) is 6.99. The Kier molecular flexibility index (Phi) is 3.95. The van der Waals surface area contributed by atoms with Crippen molar-refractivity contribution in [3.05, 3.63) is 11.8 Å². The van der Waals surface area contributed by atoms with Crippen molar-refractivity contribution in [3.8, 4) is 5.88 Å². The molecule has 4 nitrogen and oxygen atoms in total. The Morgan fingerprint density at radius 1 is 1.33 bits per heavy atom. The second-order valence-electron chi connectivity index (χ2n) is 5.71. The van der Waals surface area contributed by atoms with Crippen LogP contribution in [0.4, 0.5) is 0 Å². The van der Waals surface area contributed by atoms with Crippen LogP contribution < -0.4 is 4.74 Å². The number of ether oxygens (including phenoxy) is 1. The summed E-state index contributed by atoms with van der Waals surface area (Å²) in [6.45, 7) is 14.0. The maximum absolute atomic E-state index is 6.03. The molecular formula is C14H25N3O. The summed E-state index contributed by atoms with van der Waals surface area (Å²) in [6, 6.07) is 0.383. The molecule has 0 saturated carbocycles. The van der Waals surface area contributed by atoms with Crippen LogP contribution >= 0.6 is 0 Å². The Balaban J connectivity index is 2.06. The first-order chi connectivity index (χ1) is 8.51. The number of hydrogen-bond acceptors (Lipinski definition) is 3. The number of likely N-dealkylation sites (tertiary alicyclic amines) is 1. The highest BCUT2D eigenvalue weighted by molar-refractivity contribution is 5.27. The third-order valence-corrected chi connectivity index (χ3v) is 3.52. The molecule has 1 aromatic heterocycles. The smallest absolute Gasteiger partial charge is 0.236 e. The lowest BCUT2D eigenvalue weighted by Gasteiger charge is -2.37. The predicted molar refractivity (Wildman–Crippen MR) is 73.2 cm³/mol. The molecule has 0 aliphatic carbocycles. The maximum Gasteiger partial charge on any atom is 0.236 e. The third-order valence-electron chi connectivity index (χ3n) is 3.52. The van der Waals surface area contributed by atoms with Crippen molar-refractivity contribution < 1.29 is 4.74 Å². The average molecular weight is 251 g/mol. The van der Waals surface area contributed by atoms with Crippen molar-refractivity contribution in [2.24, 2.45) is 0 Å². The summed E-state index contributed by atoms with van der Waals surface area (Å²) in [6.07, 6.45) is 2.44. The lowest BCUT2D eigenvalue weighted by Crippen LogP contribution is -2.53. The summed E-state index contributed by atoms with van der Waals surface area (Å²) in [7, 11) is 0. The van der Waals surface area contributed by atoms with E-state index in [1.165, 1.54) is 5.56 Å². The van der Waals surface area contributed by atoms with Crippen LogP contribution in [0.1, 0.15) is 52.1 Å². The van der Waals surface area contributed by atoms with Crippen LogP contribution in [-0.4, -0.2) is 40.4 Å². The van der Waals surface area contributed by atoms with Crippen molar-refractivity contribution in [2.45, 2.75) is 52.7 Å². The molecule has 2 rings (SSSR count). The number of likely N-dealkylation sites (N-methyl/N-ethyl adjacent to an activating group) is 1. The minimum atomic E-state index is 0.318. The Hall–Kier alpha value is -1.03. The molecule has 1 saturated heterocycles. The minimum Gasteiger partial charge on any atom is -0.470 e. The fourth-order valence-electron chi connectivity index (χ4n) is 2.15. The van der Waals surface area contributed by atoms with E-state index in [-0.39, 0.29) is 0 Å². The molecule has 0 N–H and O–H groups in total. The Labute approximate surface area is 110 Å². The van der Waals surface area contributed by atoms with E-state index in [2.05, 4.69) is 50.8 Å². The predicted octanol–water partition coefficient (Wildman–Crippen LogP) is 2.67. The van der Waals surface area contributed by atoms with E-state index in [0.717, 1.165) is 25.5 Å². The minimum absolute atomic E-state index is 0.318. The number of hydrogen-bond donors (Lipinski definition) is 0. The van der Waals surface area contributed by atoms with Crippen LogP contribution in [0, 0.1) is 0 Å². The van der Waals surface area contributed by atoms with Gasteiger partial charge in [-0.15, -0.1) is 5.10 Å².